The van der Waals surface area contributed by atoms with E-state index in [1.54, 1.807) is 4.90 Å². The summed E-state index contributed by atoms with van der Waals surface area (Å²) in [5, 5.41) is 0. The molecule has 0 aliphatic carbocycles. The van der Waals surface area contributed by atoms with Crippen molar-refractivity contribution < 1.29 is 9.32 Å². The minimum Gasteiger partial charge on any atom is -0.435 e. The molecule has 0 spiro atoms. The van der Waals surface area contributed by atoms with E-state index >= 15 is 0 Å². The van der Waals surface area contributed by atoms with Crippen molar-refractivity contribution in [3.63, 3.8) is 0 Å². The van der Waals surface area contributed by atoms with E-state index in [0.29, 0.717) is 0 Å². The molecule has 1 aliphatic heterocycles. The van der Waals surface area contributed by atoms with Crippen molar-refractivity contribution in [2.24, 2.45) is 0 Å². The van der Waals surface area contributed by atoms with Crippen LogP contribution < -0.4 is 0 Å². The number of amides is 1. The van der Waals surface area contributed by atoms with Crippen LogP contribution in [0.4, 0.5) is 4.79 Å². The van der Waals surface area contributed by atoms with Gasteiger partial charge in [-0.15, -0.1) is 0 Å². The SMILES string of the molecule is CCCCCCCCN1CCN(C(=O)OP)CC1. The Balaban J connectivity index is 2.00. The number of rotatable bonds is 7. The highest BCUT2D eigenvalue weighted by Gasteiger charge is 2.20. The number of hydrogen-bond acceptors (Lipinski definition) is 3. The molecule has 0 N–H and O–H groups in total. The van der Waals surface area contributed by atoms with Gasteiger partial charge in [-0.2, -0.15) is 0 Å². The van der Waals surface area contributed by atoms with E-state index in [2.05, 4.69) is 16.3 Å². The molecule has 1 aliphatic rings. The molecule has 5 heteroatoms. The predicted octanol–water partition coefficient (Wildman–Crippen LogP) is 2.89. The van der Waals surface area contributed by atoms with Gasteiger partial charge in [0.25, 0.3) is 0 Å². The molecule has 0 aromatic heterocycles. The quantitative estimate of drug-likeness (QED) is 0.528. The van der Waals surface area contributed by atoms with Crippen molar-refractivity contribution in [3.8, 4) is 0 Å². The van der Waals surface area contributed by atoms with Gasteiger partial charge in [-0.05, 0) is 13.0 Å². The maximum atomic E-state index is 11.3. The van der Waals surface area contributed by atoms with Crippen LogP contribution in [0.15, 0.2) is 0 Å². The summed E-state index contributed by atoms with van der Waals surface area (Å²) >= 11 is 0. The van der Waals surface area contributed by atoms with Gasteiger partial charge in [0.1, 0.15) is 0 Å². The Morgan fingerprint density at radius 1 is 1.06 bits per heavy atom. The van der Waals surface area contributed by atoms with E-state index in [1.807, 2.05) is 9.47 Å². The van der Waals surface area contributed by atoms with Gasteiger partial charge in [-0.25, -0.2) is 4.79 Å². The summed E-state index contributed by atoms with van der Waals surface area (Å²) in [4.78, 5) is 15.5. The molecular formula is C13H27N2O2P. The van der Waals surface area contributed by atoms with Crippen LogP contribution in [0.1, 0.15) is 45.4 Å². The number of nitrogens with zero attached hydrogens (tertiary/aromatic N) is 2. The summed E-state index contributed by atoms with van der Waals surface area (Å²) in [6.07, 6.45) is 7.84. The molecule has 106 valence electrons. The molecule has 0 radical (unpaired) electrons. The lowest BCUT2D eigenvalue weighted by Crippen LogP contribution is -2.48. The minimum atomic E-state index is -0.223. The summed E-state index contributed by atoms with van der Waals surface area (Å²) < 4.78 is 4.65. The summed E-state index contributed by atoms with van der Waals surface area (Å²) in [6, 6.07) is 0. The largest absolute Gasteiger partial charge is 0.435 e. The molecule has 1 rings (SSSR count). The molecule has 0 saturated carbocycles. The first-order valence-corrected chi connectivity index (χ1v) is 7.63. The third-order valence-electron chi connectivity index (χ3n) is 3.56. The standard InChI is InChI=1S/C13H27N2O2P/c1-2-3-4-5-6-7-8-14-9-11-15(12-10-14)13(16)17-18/h2-12,18H2,1H3. The van der Waals surface area contributed by atoms with Gasteiger partial charge in [0.2, 0.25) is 0 Å². The Labute approximate surface area is 113 Å². The average Bonchev–Trinajstić information content (AvgIpc) is 2.42. The molecule has 0 aromatic carbocycles. The summed E-state index contributed by atoms with van der Waals surface area (Å²) in [5.74, 6) is 0. The number of carbonyl (C=O) groups is 1. The highest BCUT2D eigenvalue weighted by Crippen LogP contribution is 2.09. The van der Waals surface area contributed by atoms with Crippen molar-refractivity contribution in [2.75, 3.05) is 32.7 Å². The van der Waals surface area contributed by atoms with Gasteiger partial charge in [0, 0.05) is 26.2 Å². The maximum Gasteiger partial charge on any atom is 0.412 e. The zero-order valence-corrected chi connectivity index (χ0v) is 12.7. The van der Waals surface area contributed by atoms with E-state index in [9.17, 15) is 4.79 Å². The van der Waals surface area contributed by atoms with Gasteiger partial charge in [0.05, 0.1) is 9.47 Å². The molecule has 0 aromatic rings. The fourth-order valence-corrected chi connectivity index (χ4v) is 2.49. The highest BCUT2D eigenvalue weighted by molar-refractivity contribution is 7.10. The van der Waals surface area contributed by atoms with Gasteiger partial charge >= 0.3 is 6.09 Å². The topological polar surface area (TPSA) is 32.8 Å². The monoisotopic (exact) mass is 274 g/mol. The first kappa shape index (κ1) is 15.7. The van der Waals surface area contributed by atoms with Crippen LogP contribution in [0.2, 0.25) is 0 Å². The fraction of sp³-hybridized carbons (Fsp3) is 0.923. The van der Waals surface area contributed by atoms with E-state index in [4.69, 9.17) is 0 Å². The molecule has 1 atom stereocenters. The lowest BCUT2D eigenvalue weighted by atomic mass is 10.1. The fourth-order valence-electron chi connectivity index (χ4n) is 2.34. The summed E-state index contributed by atoms with van der Waals surface area (Å²) in [7, 11) is 2.02. The lowest BCUT2D eigenvalue weighted by Gasteiger charge is -2.33. The minimum absolute atomic E-state index is 0.223. The Morgan fingerprint density at radius 3 is 2.28 bits per heavy atom. The third kappa shape index (κ3) is 6.01. The van der Waals surface area contributed by atoms with Crippen molar-refractivity contribution in [1.29, 1.82) is 0 Å². The molecule has 18 heavy (non-hydrogen) atoms. The van der Waals surface area contributed by atoms with Crippen molar-refractivity contribution in [3.05, 3.63) is 0 Å². The van der Waals surface area contributed by atoms with E-state index in [0.717, 1.165) is 26.2 Å². The zero-order chi connectivity index (χ0) is 13.2. The number of hydrogen-bond donors (Lipinski definition) is 0. The molecule has 1 fully saturated rings. The van der Waals surface area contributed by atoms with Crippen LogP contribution in [0.25, 0.3) is 0 Å². The molecule has 1 amide bonds. The molecular weight excluding hydrogens is 247 g/mol. The number of piperazine rings is 1. The van der Waals surface area contributed by atoms with Gasteiger partial charge in [-0.1, -0.05) is 39.0 Å². The van der Waals surface area contributed by atoms with Gasteiger partial charge in [-0.3, -0.25) is 4.90 Å². The highest BCUT2D eigenvalue weighted by atomic mass is 31.0. The Bertz CT molecular complexity index is 231. The zero-order valence-electron chi connectivity index (χ0n) is 11.6. The molecule has 0 bridgehead atoms. The number of carbonyl (C=O) groups excluding carboxylic acids is 1. The van der Waals surface area contributed by atoms with Crippen molar-refractivity contribution in [2.45, 2.75) is 45.4 Å². The Morgan fingerprint density at radius 2 is 1.67 bits per heavy atom. The second-order valence-corrected chi connectivity index (χ2v) is 5.22. The van der Waals surface area contributed by atoms with Crippen molar-refractivity contribution in [1.82, 2.24) is 9.80 Å². The molecule has 1 unspecified atom stereocenters. The van der Waals surface area contributed by atoms with Crippen LogP contribution >= 0.6 is 9.47 Å². The molecule has 1 saturated heterocycles. The second kappa shape index (κ2) is 9.57. The van der Waals surface area contributed by atoms with Crippen molar-refractivity contribution >= 4 is 15.6 Å². The third-order valence-corrected chi connectivity index (χ3v) is 3.76. The maximum absolute atomic E-state index is 11.3. The van der Waals surface area contributed by atoms with Gasteiger partial charge < -0.3 is 9.42 Å². The summed E-state index contributed by atoms with van der Waals surface area (Å²) in [5.41, 5.74) is 0. The van der Waals surface area contributed by atoms with E-state index in [-0.39, 0.29) is 6.09 Å². The summed E-state index contributed by atoms with van der Waals surface area (Å²) in [6.45, 7) is 6.98. The first-order valence-electron chi connectivity index (χ1n) is 7.16. The predicted molar refractivity (Wildman–Crippen MR) is 77.6 cm³/mol. The average molecular weight is 274 g/mol. The molecule has 4 nitrogen and oxygen atoms in total. The van der Waals surface area contributed by atoms with E-state index in [1.165, 1.54) is 45.1 Å². The molecule has 1 heterocycles. The van der Waals surface area contributed by atoms with Crippen LogP contribution in [0.5, 0.6) is 0 Å². The van der Waals surface area contributed by atoms with Crippen LogP contribution in [-0.2, 0) is 4.52 Å². The normalized spacial score (nSPS) is 16.9. The second-order valence-electron chi connectivity index (χ2n) is 4.98. The van der Waals surface area contributed by atoms with E-state index < -0.39 is 0 Å². The van der Waals surface area contributed by atoms with Crippen LogP contribution in [0, 0.1) is 0 Å². The van der Waals surface area contributed by atoms with Gasteiger partial charge in [0.15, 0.2) is 0 Å². The Hall–Kier alpha value is -0.340. The first-order chi connectivity index (χ1) is 8.77. The lowest BCUT2D eigenvalue weighted by molar-refractivity contribution is 0.114. The number of unbranched alkanes of at least 4 members (excludes halogenated alkanes) is 5. The smallest absolute Gasteiger partial charge is 0.412 e. The van der Waals surface area contributed by atoms with Crippen LogP contribution in [0.3, 0.4) is 0 Å². The Kier molecular flexibility index (Phi) is 8.36. The van der Waals surface area contributed by atoms with Crippen LogP contribution in [-0.4, -0.2) is 48.6 Å².